The molecule has 1 rings (SSSR count). The number of hydrogen-bond acceptors (Lipinski definition) is 3. The van der Waals surface area contributed by atoms with Crippen LogP contribution in [0.5, 0.6) is 0 Å². The number of Topliss-reactive ketones (excluding diaryl/α,β-unsaturated/α-hetero) is 1. The summed E-state index contributed by atoms with van der Waals surface area (Å²) in [6, 6.07) is 0. The number of unbranched alkanes of at least 4 members (excludes halogenated alkanes) is 4. The van der Waals surface area contributed by atoms with E-state index in [0.29, 0.717) is 13.1 Å². The molecule has 0 radical (unpaired) electrons. The van der Waals surface area contributed by atoms with Gasteiger partial charge in [-0.05, 0) is 12.8 Å². The van der Waals surface area contributed by atoms with Crippen molar-refractivity contribution in [1.82, 2.24) is 4.90 Å². The van der Waals surface area contributed by atoms with Crippen LogP contribution in [0, 0.1) is 0 Å². The van der Waals surface area contributed by atoms with Gasteiger partial charge in [0.1, 0.15) is 6.54 Å². The summed E-state index contributed by atoms with van der Waals surface area (Å²) < 4.78 is 0. The molecular weight excluding hydrogens is 212 g/mol. The largest absolute Gasteiger partial charge is 0.353 e. The van der Waals surface area contributed by atoms with Gasteiger partial charge in [0.15, 0.2) is 5.78 Å². The normalized spacial score (nSPS) is 16.2. The third-order valence-corrected chi connectivity index (χ3v) is 3.21. The van der Waals surface area contributed by atoms with Gasteiger partial charge in [-0.15, -0.1) is 0 Å². The molecular formula is C14H26N2O. The Balaban J connectivity index is 2.41. The lowest BCUT2D eigenvalue weighted by Crippen LogP contribution is -2.41. The van der Waals surface area contributed by atoms with Crippen molar-refractivity contribution in [3.63, 3.8) is 0 Å². The van der Waals surface area contributed by atoms with E-state index in [1.165, 1.54) is 44.4 Å². The highest BCUT2D eigenvalue weighted by atomic mass is 16.1. The fraction of sp³-hybridized carbons (Fsp3) is 0.857. The molecule has 0 atom stereocenters. The number of carbonyl (C=O) groups is 1. The van der Waals surface area contributed by atoms with Crippen LogP contribution < -0.4 is 0 Å². The molecule has 0 aromatic carbocycles. The van der Waals surface area contributed by atoms with Crippen molar-refractivity contribution >= 4 is 11.6 Å². The van der Waals surface area contributed by atoms with Crippen LogP contribution in [0.25, 0.3) is 0 Å². The number of amidine groups is 1. The first-order valence-corrected chi connectivity index (χ1v) is 7.07. The maximum atomic E-state index is 11.4. The summed E-state index contributed by atoms with van der Waals surface area (Å²) in [6.07, 6.45) is 8.40. The van der Waals surface area contributed by atoms with Gasteiger partial charge >= 0.3 is 0 Å². The minimum atomic E-state index is 0.265. The number of rotatable bonds is 8. The monoisotopic (exact) mass is 238 g/mol. The molecule has 0 amide bonds. The summed E-state index contributed by atoms with van der Waals surface area (Å²) in [7, 11) is 0. The van der Waals surface area contributed by atoms with Gasteiger partial charge in [-0.2, -0.15) is 0 Å². The van der Waals surface area contributed by atoms with Gasteiger partial charge in [0.2, 0.25) is 0 Å². The molecule has 0 saturated heterocycles. The van der Waals surface area contributed by atoms with Crippen LogP contribution in [0.4, 0.5) is 0 Å². The van der Waals surface area contributed by atoms with Crippen molar-refractivity contribution in [2.75, 3.05) is 19.6 Å². The molecule has 0 saturated carbocycles. The maximum absolute atomic E-state index is 11.4. The van der Waals surface area contributed by atoms with Crippen molar-refractivity contribution < 1.29 is 4.79 Å². The molecule has 1 heterocycles. The molecule has 0 aliphatic carbocycles. The summed E-state index contributed by atoms with van der Waals surface area (Å²) in [6.45, 7) is 6.42. The van der Waals surface area contributed by atoms with Crippen molar-refractivity contribution in [2.45, 2.75) is 58.8 Å². The lowest BCUT2D eigenvalue weighted by atomic mass is 10.1. The molecule has 98 valence electrons. The minimum Gasteiger partial charge on any atom is -0.353 e. The van der Waals surface area contributed by atoms with E-state index in [2.05, 4.69) is 23.7 Å². The van der Waals surface area contributed by atoms with E-state index >= 15 is 0 Å². The SMILES string of the molecule is CCCCCC1=NCC(=O)CN1CCCCC. The minimum absolute atomic E-state index is 0.265. The van der Waals surface area contributed by atoms with E-state index in [1.54, 1.807) is 0 Å². The first-order chi connectivity index (χ1) is 8.27. The Labute approximate surface area is 105 Å². The predicted octanol–water partition coefficient (Wildman–Crippen LogP) is 3.04. The van der Waals surface area contributed by atoms with Gasteiger partial charge in [0.05, 0.1) is 12.4 Å². The molecule has 0 aromatic heterocycles. The smallest absolute Gasteiger partial charge is 0.173 e. The Hall–Kier alpha value is -0.860. The highest BCUT2D eigenvalue weighted by Crippen LogP contribution is 2.10. The first-order valence-electron chi connectivity index (χ1n) is 7.07. The highest BCUT2D eigenvalue weighted by molar-refractivity contribution is 5.94. The lowest BCUT2D eigenvalue weighted by Gasteiger charge is -2.28. The molecule has 3 nitrogen and oxygen atoms in total. The van der Waals surface area contributed by atoms with Gasteiger partial charge in [-0.1, -0.05) is 39.5 Å². The first kappa shape index (κ1) is 14.2. The second-order valence-electron chi connectivity index (χ2n) is 4.86. The van der Waals surface area contributed by atoms with Gasteiger partial charge < -0.3 is 4.90 Å². The van der Waals surface area contributed by atoms with Crippen LogP contribution in [-0.2, 0) is 4.79 Å². The molecule has 0 fully saturated rings. The summed E-state index contributed by atoms with van der Waals surface area (Å²) >= 11 is 0. The van der Waals surface area contributed by atoms with Gasteiger partial charge in [-0.3, -0.25) is 9.79 Å². The zero-order chi connectivity index (χ0) is 12.5. The van der Waals surface area contributed by atoms with Crippen LogP contribution in [0.2, 0.25) is 0 Å². The third kappa shape index (κ3) is 5.33. The summed E-state index contributed by atoms with van der Waals surface area (Å²) in [5.41, 5.74) is 0. The number of aliphatic imine (C=N–C) groups is 1. The second-order valence-corrected chi connectivity index (χ2v) is 4.86. The quantitative estimate of drug-likeness (QED) is 0.609. The van der Waals surface area contributed by atoms with Crippen molar-refractivity contribution in [3.8, 4) is 0 Å². The fourth-order valence-electron chi connectivity index (χ4n) is 2.16. The fourth-order valence-corrected chi connectivity index (χ4v) is 2.16. The maximum Gasteiger partial charge on any atom is 0.173 e. The van der Waals surface area contributed by atoms with Crippen LogP contribution >= 0.6 is 0 Å². The Kier molecular flexibility index (Phi) is 6.90. The van der Waals surface area contributed by atoms with E-state index in [-0.39, 0.29) is 5.78 Å². The van der Waals surface area contributed by atoms with Crippen LogP contribution in [0.15, 0.2) is 4.99 Å². The summed E-state index contributed by atoms with van der Waals surface area (Å²) in [4.78, 5) is 18.1. The van der Waals surface area contributed by atoms with E-state index < -0.39 is 0 Å². The second kappa shape index (κ2) is 8.26. The predicted molar refractivity (Wildman–Crippen MR) is 72.5 cm³/mol. The zero-order valence-corrected chi connectivity index (χ0v) is 11.4. The van der Waals surface area contributed by atoms with Gasteiger partial charge in [0, 0.05) is 13.0 Å². The molecule has 3 heteroatoms. The Morgan fingerprint density at radius 3 is 2.53 bits per heavy atom. The molecule has 0 aromatic rings. The Morgan fingerprint density at radius 2 is 1.82 bits per heavy atom. The topological polar surface area (TPSA) is 32.7 Å². The van der Waals surface area contributed by atoms with Crippen molar-refractivity contribution in [1.29, 1.82) is 0 Å². The van der Waals surface area contributed by atoms with Crippen LogP contribution in [0.1, 0.15) is 58.8 Å². The van der Waals surface area contributed by atoms with Gasteiger partial charge in [0.25, 0.3) is 0 Å². The third-order valence-electron chi connectivity index (χ3n) is 3.21. The van der Waals surface area contributed by atoms with E-state index in [9.17, 15) is 4.79 Å². The summed E-state index contributed by atoms with van der Waals surface area (Å²) in [5.74, 6) is 1.44. The zero-order valence-electron chi connectivity index (χ0n) is 11.4. The Bertz CT molecular complexity index is 261. The molecule has 1 aliphatic rings. The van der Waals surface area contributed by atoms with E-state index in [4.69, 9.17) is 0 Å². The molecule has 0 unspecified atom stereocenters. The molecule has 0 bridgehead atoms. The number of hydrogen-bond donors (Lipinski definition) is 0. The van der Waals surface area contributed by atoms with Crippen molar-refractivity contribution in [3.05, 3.63) is 0 Å². The summed E-state index contributed by atoms with van der Waals surface area (Å²) in [5, 5.41) is 0. The van der Waals surface area contributed by atoms with E-state index in [0.717, 1.165) is 13.0 Å². The van der Waals surface area contributed by atoms with Crippen LogP contribution in [-0.4, -0.2) is 36.2 Å². The average Bonchev–Trinajstić information content (AvgIpc) is 2.32. The Morgan fingerprint density at radius 1 is 1.12 bits per heavy atom. The molecule has 17 heavy (non-hydrogen) atoms. The number of ketones is 1. The molecule has 1 aliphatic heterocycles. The number of carbonyl (C=O) groups excluding carboxylic acids is 1. The highest BCUT2D eigenvalue weighted by Gasteiger charge is 2.19. The van der Waals surface area contributed by atoms with Crippen molar-refractivity contribution in [2.24, 2.45) is 4.99 Å². The number of nitrogens with zero attached hydrogens (tertiary/aromatic N) is 2. The molecule has 0 N–H and O–H groups in total. The molecule has 0 spiro atoms. The standard InChI is InChI=1S/C14H26N2O/c1-3-5-7-9-14-15-11-13(17)12-16(14)10-8-6-4-2/h3-12H2,1-2H3. The average molecular weight is 238 g/mol. The van der Waals surface area contributed by atoms with E-state index in [1.807, 2.05) is 0 Å². The van der Waals surface area contributed by atoms with Gasteiger partial charge in [-0.25, -0.2) is 0 Å². The van der Waals surface area contributed by atoms with Crippen LogP contribution in [0.3, 0.4) is 0 Å². The lowest BCUT2D eigenvalue weighted by molar-refractivity contribution is -0.118.